The maximum Gasteiger partial charge on any atom is 0.216 e. The predicted octanol–water partition coefficient (Wildman–Crippen LogP) is 3.00. The molecule has 0 aliphatic rings. The van der Waals surface area contributed by atoms with Crippen molar-refractivity contribution in [2.45, 2.75) is 6.92 Å². The van der Waals surface area contributed by atoms with Crippen molar-refractivity contribution in [3.63, 3.8) is 0 Å². The topological polar surface area (TPSA) is 34.9 Å². The second kappa shape index (κ2) is 4.61. The smallest absolute Gasteiger partial charge is 0.216 e. The van der Waals surface area contributed by atoms with Crippen LogP contribution in [0.5, 0.6) is 0 Å². The molecule has 0 bridgehead atoms. The lowest BCUT2D eigenvalue weighted by molar-refractivity contribution is 0.102. The third kappa shape index (κ3) is 2.08. The van der Waals surface area contributed by atoms with Gasteiger partial charge in [0.25, 0.3) is 0 Å². The van der Waals surface area contributed by atoms with E-state index >= 15 is 0 Å². The van der Waals surface area contributed by atoms with Crippen LogP contribution in [0, 0.1) is 18.6 Å². The van der Waals surface area contributed by atoms with Crippen molar-refractivity contribution in [2.24, 2.45) is 7.05 Å². The maximum atomic E-state index is 13.8. The maximum absolute atomic E-state index is 13.8. The third-order valence-corrected chi connectivity index (χ3v) is 3.12. The van der Waals surface area contributed by atoms with Gasteiger partial charge < -0.3 is 0 Å². The standard InChI is InChI=1S/C12H9BrF2N2O/c1-6-5-9(17(2)16-6)12(18)10-8(14)4-3-7(13)11(10)15/h3-5H,1-2H3. The van der Waals surface area contributed by atoms with Crippen LogP contribution in [-0.4, -0.2) is 15.6 Å². The molecule has 0 fully saturated rings. The molecule has 94 valence electrons. The van der Waals surface area contributed by atoms with Crippen molar-refractivity contribution in [3.8, 4) is 0 Å². The zero-order valence-corrected chi connectivity index (χ0v) is 11.3. The highest BCUT2D eigenvalue weighted by molar-refractivity contribution is 9.10. The van der Waals surface area contributed by atoms with Gasteiger partial charge in [0.15, 0.2) is 5.82 Å². The third-order valence-electron chi connectivity index (χ3n) is 2.51. The Morgan fingerprint density at radius 2 is 2.06 bits per heavy atom. The van der Waals surface area contributed by atoms with Gasteiger partial charge in [-0.2, -0.15) is 5.10 Å². The van der Waals surface area contributed by atoms with E-state index in [2.05, 4.69) is 21.0 Å². The lowest BCUT2D eigenvalue weighted by Gasteiger charge is -2.05. The average molecular weight is 315 g/mol. The quantitative estimate of drug-likeness (QED) is 0.631. The second-order valence-electron chi connectivity index (χ2n) is 3.84. The zero-order valence-electron chi connectivity index (χ0n) is 9.67. The van der Waals surface area contributed by atoms with Crippen LogP contribution < -0.4 is 0 Å². The normalized spacial score (nSPS) is 10.7. The number of aryl methyl sites for hydroxylation is 2. The molecule has 0 aliphatic heterocycles. The van der Waals surface area contributed by atoms with Gasteiger partial charge in [-0.25, -0.2) is 8.78 Å². The Morgan fingerprint density at radius 1 is 1.39 bits per heavy atom. The molecule has 18 heavy (non-hydrogen) atoms. The summed E-state index contributed by atoms with van der Waals surface area (Å²) in [6.07, 6.45) is 0. The molecule has 0 saturated heterocycles. The molecule has 2 rings (SSSR count). The molecule has 0 aliphatic carbocycles. The van der Waals surface area contributed by atoms with Gasteiger partial charge in [0.2, 0.25) is 5.78 Å². The van der Waals surface area contributed by atoms with Crippen molar-refractivity contribution in [3.05, 3.63) is 51.3 Å². The number of halogens is 3. The van der Waals surface area contributed by atoms with Crippen molar-refractivity contribution in [1.29, 1.82) is 0 Å². The van der Waals surface area contributed by atoms with E-state index in [0.29, 0.717) is 5.69 Å². The van der Waals surface area contributed by atoms with E-state index in [4.69, 9.17) is 0 Å². The molecule has 0 spiro atoms. The van der Waals surface area contributed by atoms with Crippen molar-refractivity contribution >= 4 is 21.7 Å². The van der Waals surface area contributed by atoms with Gasteiger partial charge in [-0.3, -0.25) is 9.48 Å². The number of nitrogens with zero attached hydrogens (tertiary/aromatic N) is 2. The van der Waals surface area contributed by atoms with Crippen LogP contribution in [-0.2, 0) is 7.05 Å². The van der Waals surface area contributed by atoms with Crippen LogP contribution in [0.3, 0.4) is 0 Å². The minimum absolute atomic E-state index is 0.0474. The van der Waals surface area contributed by atoms with Crippen LogP contribution in [0.15, 0.2) is 22.7 Å². The predicted molar refractivity (Wildman–Crippen MR) is 65.4 cm³/mol. The van der Waals surface area contributed by atoms with Gasteiger partial charge in [0, 0.05) is 7.05 Å². The summed E-state index contributed by atoms with van der Waals surface area (Å²) in [4.78, 5) is 12.1. The van der Waals surface area contributed by atoms with E-state index in [0.717, 1.165) is 6.07 Å². The first-order valence-electron chi connectivity index (χ1n) is 5.10. The van der Waals surface area contributed by atoms with Gasteiger partial charge in [0.05, 0.1) is 15.7 Å². The lowest BCUT2D eigenvalue weighted by Crippen LogP contribution is -2.12. The summed E-state index contributed by atoms with van der Waals surface area (Å²) in [5.41, 5.74) is 0.174. The second-order valence-corrected chi connectivity index (χ2v) is 4.70. The summed E-state index contributed by atoms with van der Waals surface area (Å²) in [5, 5.41) is 3.98. The van der Waals surface area contributed by atoms with E-state index in [-0.39, 0.29) is 10.2 Å². The Hall–Kier alpha value is -1.56. The van der Waals surface area contributed by atoms with Gasteiger partial charge in [0.1, 0.15) is 11.5 Å². The molecule has 6 heteroatoms. The first-order valence-corrected chi connectivity index (χ1v) is 5.90. The van der Waals surface area contributed by atoms with Gasteiger partial charge >= 0.3 is 0 Å². The fourth-order valence-electron chi connectivity index (χ4n) is 1.69. The molecule has 3 nitrogen and oxygen atoms in total. The molecular weight excluding hydrogens is 306 g/mol. The van der Waals surface area contributed by atoms with Gasteiger partial charge in [-0.1, -0.05) is 0 Å². The zero-order chi connectivity index (χ0) is 13.4. The Morgan fingerprint density at radius 3 is 2.61 bits per heavy atom. The van der Waals surface area contributed by atoms with Crippen LogP contribution in [0.1, 0.15) is 21.7 Å². The molecule has 0 atom stereocenters. The van der Waals surface area contributed by atoms with Crippen molar-refractivity contribution in [1.82, 2.24) is 9.78 Å². The number of benzene rings is 1. The number of carbonyl (C=O) groups excluding carboxylic acids is 1. The highest BCUT2D eigenvalue weighted by atomic mass is 79.9. The first kappa shape index (κ1) is 12.9. The molecule has 0 saturated carbocycles. The Kier molecular flexibility index (Phi) is 3.30. The van der Waals surface area contributed by atoms with E-state index in [1.165, 1.54) is 16.8 Å². The fourth-order valence-corrected chi connectivity index (χ4v) is 2.02. The molecule has 0 N–H and O–H groups in total. The number of carbonyl (C=O) groups is 1. The first-order chi connectivity index (χ1) is 8.41. The molecule has 0 amide bonds. The minimum atomic E-state index is -0.904. The Bertz CT molecular complexity index is 637. The summed E-state index contributed by atoms with van der Waals surface area (Å²) in [7, 11) is 1.55. The molecule has 2 aromatic rings. The molecular formula is C12H9BrF2N2O. The molecule has 0 radical (unpaired) electrons. The summed E-state index contributed by atoms with van der Waals surface area (Å²) in [5.74, 6) is -2.52. The summed E-state index contributed by atoms with van der Waals surface area (Å²) < 4.78 is 28.7. The highest BCUT2D eigenvalue weighted by Crippen LogP contribution is 2.24. The van der Waals surface area contributed by atoms with Crippen LogP contribution in [0.2, 0.25) is 0 Å². The fraction of sp³-hybridized carbons (Fsp3) is 0.167. The minimum Gasteiger partial charge on any atom is -0.287 e. The van der Waals surface area contributed by atoms with Crippen molar-refractivity contribution in [2.75, 3.05) is 0 Å². The Labute approximate surface area is 111 Å². The van der Waals surface area contributed by atoms with E-state index in [1.807, 2.05) is 0 Å². The van der Waals surface area contributed by atoms with Gasteiger partial charge in [-0.15, -0.1) is 0 Å². The largest absolute Gasteiger partial charge is 0.287 e. The molecule has 0 unspecified atom stereocenters. The number of ketones is 1. The number of aromatic nitrogens is 2. The Balaban J connectivity index is 2.60. The van der Waals surface area contributed by atoms with E-state index in [9.17, 15) is 13.6 Å². The molecule has 1 aromatic carbocycles. The lowest BCUT2D eigenvalue weighted by atomic mass is 10.1. The SMILES string of the molecule is Cc1cc(C(=O)c2c(F)ccc(Br)c2F)n(C)n1. The highest BCUT2D eigenvalue weighted by Gasteiger charge is 2.23. The van der Waals surface area contributed by atoms with Crippen LogP contribution in [0.4, 0.5) is 8.78 Å². The number of hydrogen-bond donors (Lipinski definition) is 0. The number of hydrogen-bond acceptors (Lipinski definition) is 2. The van der Waals surface area contributed by atoms with Crippen molar-refractivity contribution < 1.29 is 13.6 Å². The summed E-state index contributed by atoms with van der Waals surface area (Å²) >= 11 is 2.93. The van der Waals surface area contributed by atoms with Crippen LogP contribution >= 0.6 is 15.9 Å². The summed E-state index contributed by atoms with van der Waals surface area (Å²) in [6, 6.07) is 3.75. The molecule has 1 aromatic heterocycles. The monoisotopic (exact) mass is 314 g/mol. The van der Waals surface area contributed by atoms with E-state index in [1.54, 1.807) is 14.0 Å². The van der Waals surface area contributed by atoms with Gasteiger partial charge in [-0.05, 0) is 41.1 Å². The van der Waals surface area contributed by atoms with Crippen LogP contribution in [0.25, 0.3) is 0 Å². The number of rotatable bonds is 2. The van der Waals surface area contributed by atoms with E-state index < -0.39 is 23.0 Å². The average Bonchev–Trinajstić information content (AvgIpc) is 2.63. The summed E-state index contributed by atoms with van der Waals surface area (Å²) in [6.45, 7) is 1.70. The molecule has 1 heterocycles.